The van der Waals surface area contributed by atoms with Gasteiger partial charge in [-0.05, 0) is 55.3 Å². The second kappa shape index (κ2) is 9.90. The van der Waals surface area contributed by atoms with Crippen LogP contribution in [0.1, 0.15) is 38.2 Å². The van der Waals surface area contributed by atoms with Crippen molar-refractivity contribution in [1.29, 1.82) is 0 Å². The molecule has 5 nitrogen and oxygen atoms in total. The largest absolute Gasteiger partial charge is 0.416 e. The van der Waals surface area contributed by atoms with Crippen molar-refractivity contribution in [2.75, 3.05) is 13.6 Å². The number of carbonyl (C=O) groups excluding carboxylic acids is 1. The zero-order valence-corrected chi connectivity index (χ0v) is 17.8. The smallest absolute Gasteiger partial charge is 0.404 e. The van der Waals surface area contributed by atoms with Crippen LogP contribution in [0.2, 0.25) is 0 Å². The van der Waals surface area contributed by atoms with E-state index in [4.69, 9.17) is 11.5 Å². The predicted molar refractivity (Wildman–Crippen MR) is 115 cm³/mol. The molecule has 0 radical (unpaired) electrons. The van der Waals surface area contributed by atoms with Gasteiger partial charge in [0.15, 0.2) is 0 Å². The van der Waals surface area contributed by atoms with Gasteiger partial charge < -0.3 is 16.8 Å². The molecule has 0 bridgehead atoms. The number of hydrogen-bond acceptors (Lipinski definition) is 5. The van der Waals surface area contributed by atoms with Crippen LogP contribution >= 0.6 is 11.3 Å². The first-order chi connectivity index (χ1) is 14.1. The lowest BCUT2D eigenvalue weighted by Gasteiger charge is -2.19. The zero-order chi connectivity index (χ0) is 22.5. The molecule has 0 aliphatic carbocycles. The van der Waals surface area contributed by atoms with Crippen molar-refractivity contribution in [3.8, 4) is 0 Å². The van der Waals surface area contributed by atoms with Crippen molar-refractivity contribution in [2.45, 2.75) is 32.5 Å². The number of amides is 1. The number of allylic oxidation sites excluding steroid dienone is 1. The number of nitrogens with one attached hydrogen (secondary N) is 1. The van der Waals surface area contributed by atoms with Crippen LogP contribution in [0.3, 0.4) is 0 Å². The third-order valence-electron chi connectivity index (χ3n) is 4.61. The Morgan fingerprint density at radius 2 is 2.00 bits per heavy atom. The summed E-state index contributed by atoms with van der Waals surface area (Å²) in [5.41, 5.74) is 13.0. The fourth-order valence-corrected chi connectivity index (χ4v) is 4.23. The van der Waals surface area contributed by atoms with Crippen molar-refractivity contribution in [1.82, 2.24) is 5.32 Å². The van der Waals surface area contributed by atoms with E-state index in [0.29, 0.717) is 10.6 Å². The second-order valence-corrected chi connectivity index (χ2v) is 7.86. The quantitative estimate of drug-likeness (QED) is 0.576. The van der Waals surface area contributed by atoms with Crippen molar-refractivity contribution < 1.29 is 18.0 Å². The fraction of sp³-hybridized carbons (Fsp3) is 0.333. The summed E-state index contributed by atoms with van der Waals surface area (Å²) in [5.74, 6) is -0.390. The minimum Gasteiger partial charge on any atom is -0.404 e. The number of carbonyl (C=O) groups is 1. The lowest BCUT2D eigenvalue weighted by molar-refractivity contribution is -0.138. The number of benzene rings is 1. The topological polar surface area (TPSA) is 93.5 Å². The summed E-state index contributed by atoms with van der Waals surface area (Å²) in [6, 6.07) is 6.38. The number of alkyl halides is 3. The minimum atomic E-state index is -4.47. The molecule has 1 heterocycles. The summed E-state index contributed by atoms with van der Waals surface area (Å²) in [5, 5.41) is 2.75. The van der Waals surface area contributed by atoms with E-state index in [9.17, 15) is 18.0 Å². The molecule has 0 aliphatic heterocycles. The van der Waals surface area contributed by atoms with E-state index in [1.165, 1.54) is 35.7 Å². The van der Waals surface area contributed by atoms with Crippen molar-refractivity contribution in [2.24, 2.45) is 16.5 Å². The average Bonchev–Trinajstić information content (AvgIpc) is 3.09. The van der Waals surface area contributed by atoms with Gasteiger partial charge in [0.05, 0.1) is 21.0 Å². The molecule has 0 aliphatic rings. The van der Waals surface area contributed by atoms with Crippen molar-refractivity contribution in [3.63, 3.8) is 0 Å². The number of aryl methyl sites for hydroxylation is 1. The van der Waals surface area contributed by atoms with Crippen LogP contribution < -0.4 is 16.8 Å². The van der Waals surface area contributed by atoms with Gasteiger partial charge in [-0.3, -0.25) is 9.79 Å². The number of nitrogens with two attached hydrogens (primary N) is 2. The lowest BCUT2D eigenvalue weighted by Crippen LogP contribution is -2.41. The number of rotatable bonds is 7. The molecule has 1 aromatic heterocycles. The van der Waals surface area contributed by atoms with E-state index in [1.807, 2.05) is 13.8 Å². The number of halogens is 3. The van der Waals surface area contributed by atoms with Crippen molar-refractivity contribution in [3.05, 3.63) is 68.5 Å². The second-order valence-electron chi connectivity index (χ2n) is 6.81. The summed E-state index contributed by atoms with van der Waals surface area (Å²) in [6.45, 7) is 3.69. The van der Waals surface area contributed by atoms with Gasteiger partial charge >= 0.3 is 6.18 Å². The lowest BCUT2D eigenvalue weighted by atomic mass is 9.99. The Morgan fingerprint density at radius 1 is 1.33 bits per heavy atom. The molecule has 0 fully saturated rings. The van der Waals surface area contributed by atoms with Gasteiger partial charge in [-0.15, -0.1) is 11.3 Å². The fourth-order valence-electron chi connectivity index (χ4n) is 3.06. The maximum Gasteiger partial charge on any atom is 0.416 e. The standard InChI is InChI=1S/C21H25F3N4OS/c1-12-8-17(30-19(12)18(27-3)13(2)10-25)20(29)28-15(11-26)9-14-6-4-5-7-16(14)21(22,23)24/h4-8,10,15H,9,11,25-26H2,1-3H3,(H,28,29)/t15-/m0/s1. The monoisotopic (exact) mass is 438 g/mol. The summed E-state index contributed by atoms with van der Waals surface area (Å²) >= 11 is 1.25. The summed E-state index contributed by atoms with van der Waals surface area (Å²) in [7, 11) is 1.64. The first kappa shape index (κ1) is 23.6. The number of thiophene rings is 1. The van der Waals surface area contributed by atoms with E-state index in [-0.39, 0.29) is 24.4 Å². The van der Waals surface area contributed by atoms with Gasteiger partial charge in [0.25, 0.3) is 5.91 Å². The van der Waals surface area contributed by atoms with E-state index < -0.39 is 17.8 Å². The minimum absolute atomic E-state index is 0.00579. The van der Waals surface area contributed by atoms with Crippen LogP contribution in [-0.2, 0) is 12.6 Å². The van der Waals surface area contributed by atoms with E-state index in [0.717, 1.165) is 22.1 Å². The highest BCUT2D eigenvalue weighted by Gasteiger charge is 2.33. The third kappa shape index (κ3) is 5.48. The molecule has 0 unspecified atom stereocenters. The highest BCUT2D eigenvalue weighted by Crippen LogP contribution is 2.32. The molecular weight excluding hydrogens is 413 g/mol. The summed E-state index contributed by atoms with van der Waals surface area (Å²) in [6.07, 6.45) is -3.04. The molecular formula is C21H25F3N4OS. The molecule has 0 spiro atoms. The average molecular weight is 439 g/mol. The molecule has 9 heteroatoms. The van der Waals surface area contributed by atoms with Crippen LogP contribution in [0, 0.1) is 6.92 Å². The van der Waals surface area contributed by atoms with Crippen LogP contribution in [0.25, 0.3) is 0 Å². The molecule has 1 aromatic carbocycles. The molecule has 30 heavy (non-hydrogen) atoms. The Bertz CT molecular complexity index is 963. The number of aliphatic imine (C=N–C) groups is 1. The maximum absolute atomic E-state index is 13.2. The molecule has 2 aromatic rings. The molecule has 1 atom stereocenters. The number of hydrogen-bond donors (Lipinski definition) is 3. The van der Waals surface area contributed by atoms with Crippen molar-refractivity contribution >= 4 is 23.0 Å². The number of nitrogens with zero attached hydrogens (tertiary/aromatic N) is 1. The van der Waals surface area contributed by atoms with Gasteiger partial charge in [-0.2, -0.15) is 13.2 Å². The third-order valence-corrected chi connectivity index (χ3v) is 5.86. The zero-order valence-electron chi connectivity index (χ0n) is 17.0. The summed E-state index contributed by atoms with van der Waals surface area (Å²) < 4.78 is 39.7. The van der Waals surface area contributed by atoms with E-state index in [2.05, 4.69) is 10.3 Å². The van der Waals surface area contributed by atoms with Gasteiger partial charge in [-0.1, -0.05) is 18.2 Å². The Balaban J connectivity index is 2.22. The normalized spacial score (nSPS) is 14.0. The molecule has 0 saturated carbocycles. The highest BCUT2D eigenvalue weighted by atomic mass is 32.1. The first-order valence-corrected chi connectivity index (χ1v) is 10.1. The molecule has 2 rings (SSSR count). The van der Waals surface area contributed by atoms with Crippen LogP contribution in [0.5, 0.6) is 0 Å². The van der Waals surface area contributed by atoms with Gasteiger partial charge in [0.1, 0.15) is 0 Å². The predicted octanol–water partition coefficient (Wildman–Crippen LogP) is 3.66. The van der Waals surface area contributed by atoms with Crippen LogP contribution in [0.4, 0.5) is 13.2 Å². The molecule has 0 saturated heterocycles. The first-order valence-electron chi connectivity index (χ1n) is 9.24. The van der Waals surface area contributed by atoms with Gasteiger partial charge in [0.2, 0.25) is 0 Å². The molecule has 1 amide bonds. The van der Waals surface area contributed by atoms with E-state index >= 15 is 0 Å². The Hall–Kier alpha value is -2.65. The molecule has 162 valence electrons. The molecule has 5 N–H and O–H groups in total. The SMILES string of the molecule is CN=C(C(C)=CN)c1sc(C(=O)N[C@H](CN)Cc2ccccc2C(F)(F)F)cc1C. The van der Waals surface area contributed by atoms with Crippen LogP contribution in [0.15, 0.2) is 47.1 Å². The highest BCUT2D eigenvalue weighted by molar-refractivity contribution is 7.16. The van der Waals surface area contributed by atoms with Gasteiger partial charge in [-0.25, -0.2) is 0 Å². The van der Waals surface area contributed by atoms with Gasteiger partial charge in [0, 0.05) is 19.6 Å². The summed E-state index contributed by atoms with van der Waals surface area (Å²) in [4.78, 5) is 18.2. The maximum atomic E-state index is 13.2. The van der Waals surface area contributed by atoms with Crippen LogP contribution in [-0.4, -0.2) is 31.3 Å². The Morgan fingerprint density at radius 3 is 2.57 bits per heavy atom. The Kier molecular flexibility index (Phi) is 7.80. The Labute approximate surface area is 177 Å². The van der Waals surface area contributed by atoms with E-state index in [1.54, 1.807) is 13.1 Å².